The molecular formula is C15H15N3O3S. The zero-order valence-electron chi connectivity index (χ0n) is 12.3. The lowest BCUT2D eigenvalue weighted by atomic mass is 10.1. The molecule has 114 valence electrons. The van der Waals surface area contributed by atoms with Gasteiger partial charge in [0.05, 0.1) is 25.0 Å². The molecule has 0 saturated carbocycles. The molecule has 3 heterocycles. The normalized spacial score (nSPS) is 19.5. The third-order valence-corrected chi connectivity index (χ3v) is 4.90. The van der Waals surface area contributed by atoms with Gasteiger partial charge in [0.25, 0.3) is 5.91 Å². The highest BCUT2D eigenvalue weighted by atomic mass is 32.2. The summed E-state index contributed by atoms with van der Waals surface area (Å²) in [5.74, 6) is 1.36. The second kappa shape index (κ2) is 4.95. The minimum absolute atomic E-state index is 0.0597. The van der Waals surface area contributed by atoms with Crippen LogP contribution in [0.4, 0.5) is 5.69 Å². The number of methoxy groups -OCH3 is 1. The van der Waals surface area contributed by atoms with Gasteiger partial charge in [-0.25, -0.2) is 0 Å². The largest absolute Gasteiger partial charge is 0.497 e. The quantitative estimate of drug-likeness (QED) is 0.832. The van der Waals surface area contributed by atoms with E-state index in [9.17, 15) is 4.79 Å². The first-order valence-corrected chi connectivity index (χ1v) is 7.87. The van der Waals surface area contributed by atoms with E-state index in [2.05, 4.69) is 15.3 Å². The molecule has 0 N–H and O–H groups in total. The number of carbonyl (C=O) groups excluding carboxylic acids is 1. The van der Waals surface area contributed by atoms with Crippen molar-refractivity contribution in [1.29, 1.82) is 0 Å². The Bertz CT molecular complexity index is 729. The number of rotatable bonds is 2. The summed E-state index contributed by atoms with van der Waals surface area (Å²) in [6, 6.07) is 3.79. The lowest BCUT2D eigenvalue weighted by molar-refractivity contribution is -0.120. The molecule has 1 amide bonds. The summed E-state index contributed by atoms with van der Waals surface area (Å²) in [7, 11) is 3.38. The fourth-order valence-electron chi connectivity index (χ4n) is 2.79. The zero-order valence-corrected chi connectivity index (χ0v) is 13.1. The third kappa shape index (κ3) is 1.89. The van der Waals surface area contributed by atoms with Crippen molar-refractivity contribution in [3.05, 3.63) is 23.1 Å². The molecule has 0 aliphatic carbocycles. The summed E-state index contributed by atoms with van der Waals surface area (Å²) in [5.41, 5.74) is 2.73. The van der Waals surface area contributed by atoms with Crippen LogP contribution in [0.5, 0.6) is 11.5 Å². The second-order valence-corrected chi connectivity index (χ2v) is 6.04. The van der Waals surface area contributed by atoms with Gasteiger partial charge < -0.3 is 19.3 Å². The standard InChI is InChI=1S/C15H15N3O3S/c1-17-11-6-9(20-2)5-10(14(11)21-7-13(17)19)12-8-22-15-16-3-4-18(12)15/h5-6,8H,3-4,7H2,1-2H3. The molecular weight excluding hydrogens is 302 g/mol. The van der Waals surface area contributed by atoms with E-state index in [1.54, 1.807) is 30.8 Å². The Balaban J connectivity index is 1.86. The van der Waals surface area contributed by atoms with Crippen molar-refractivity contribution >= 4 is 34.2 Å². The molecule has 22 heavy (non-hydrogen) atoms. The molecule has 7 heteroatoms. The molecule has 0 bridgehead atoms. The lowest BCUT2D eigenvalue weighted by Crippen LogP contribution is -2.36. The van der Waals surface area contributed by atoms with Crippen LogP contribution in [-0.2, 0) is 4.79 Å². The Morgan fingerprint density at radius 1 is 1.41 bits per heavy atom. The van der Waals surface area contributed by atoms with E-state index in [1.165, 1.54) is 0 Å². The number of likely N-dealkylation sites (N-methyl/N-ethyl adjacent to an activating group) is 1. The number of nitrogens with zero attached hydrogens (tertiary/aromatic N) is 3. The Kier molecular flexibility index (Phi) is 3.04. The predicted octanol–water partition coefficient (Wildman–Crippen LogP) is 1.77. The molecule has 0 saturated heterocycles. The van der Waals surface area contributed by atoms with E-state index >= 15 is 0 Å². The topological polar surface area (TPSA) is 54.4 Å². The van der Waals surface area contributed by atoms with Crippen molar-refractivity contribution in [2.75, 3.05) is 38.8 Å². The molecule has 0 radical (unpaired) electrons. The number of hydrogen-bond donors (Lipinski definition) is 0. The maximum atomic E-state index is 11.9. The third-order valence-electron chi connectivity index (χ3n) is 4.00. The maximum Gasteiger partial charge on any atom is 0.264 e. The Morgan fingerprint density at radius 3 is 3.09 bits per heavy atom. The summed E-state index contributed by atoms with van der Waals surface area (Å²) >= 11 is 1.62. The number of benzene rings is 1. The molecule has 3 aliphatic rings. The number of hydrogen-bond acceptors (Lipinski definition) is 6. The van der Waals surface area contributed by atoms with Crippen LogP contribution >= 0.6 is 11.8 Å². The van der Waals surface area contributed by atoms with Gasteiger partial charge in [-0.3, -0.25) is 9.79 Å². The predicted molar refractivity (Wildman–Crippen MR) is 86.5 cm³/mol. The van der Waals surface area contributed by atoms with Crippen LogP contribution in [0, 0.1) is 0 Å². The number of amides is 1. The maximum absolute atomic E-state index is 11.9. The zero-order chi connectivity index (χ0) is 15.3. The van der Waals surface area contributed by atoms with Gasteiger partial charge >= 0.3 is 0 Å². The van der Waals surface area contributed by atoms with Gasteiger partial charge in [-0.15, -0.1) is 0 Å². The first kappa shape index (κ1) is 13.5. The summed E-state index contributed by atoms with van der Waals surface area (Å²) in [4.78, 5) is 20.2. The smallest absolute Gasteiger partial charge is 0.264 e. The van der Waals surface area contributed by atoms with Gasteiger partial charge in [-0.1, -0.05) is 11.8 Å². The van der Waals surface area contributed by atoms with E-state index in [4.69, 9.17) is 9.47 Å². The fraction of sp³-hybridized carbons (Fsp3) is 0.333. The Labute approximate surface area is 132 Å². The van der Waals surface area contributed by atoms with Crippen LogP contribution < -0.4 is 14.4 Å². The number of anilines is 1. The van der Waals surface area contributed by atoms with Crippen molar-refractivity contribution in [2.45, 2.75) is 0 Å². The van der Waals surface area contributed by atoms with Gasteiger partial charge in [0.1, 0.15) is 5.75 Å². The molecule has 0 aromatic heterocycles. The number of aliphatic imine (C=N–C) groups is 1. The first-order valence-electron chi connectivity index (χ1n) is 6.99. The molecule has 0 fully saturated rings. The fourth-order valence-corrected chi connectivity index (χ4v) is 3.75. The van der Waals surface area contributed by atoms with Crippen LogP contribution in [0.15, 0.2) is 22.5 Å². The van der Waals surface area contributed by atoms with Crippen molar-refractivity contribution in [3.8, 4) is 11.5 Å². The summed E-state index contributed by atoms with van der Waals surface area (Å²) in [6.45, 7) is 1.74. The number of thioether (sulfide) groups is 1. The summed E-state index contributed by atoms with van der Waals surface area (Å²) in [6.07, 6.45) is 0. The first-order chi connectivity index (χ1) is 10.7. The van der Waals surface area contributed by atoms with Crippen LogP contribution in [0.25, 0.3) is 5.70 Å². The number of amidine groups is 1. The van der Waals surface area contributed by atoms with E-state index in [0.29, 0.717) is 5.75 Å². The summed E-state index contributed by atoms with van der Waals surface area (Å²) < 4.78 is 11.1. The summed E-state index contributed by atoms with van der Waals surface area (Å²) in [5, 5.41) is 3.10. The minimum Gasteiger partial charge on any atom is -0.497 e. The van der Waals surface area contributed by atoms with E-state index < -0.39 is 0 Å². The van der Waals surface area contributed by atoms with E-state index in [-0.39, 0.29) is 12.5 Å². The molecule has 4 rings (SSSR count). The number of fused-ring (bicyclic) bond motifs is 2. The van der Waals surface area contributed by atoms with Crippen LogP contribution in [0.3, 0.4) is 0 Å². The van der Waals surface area contributed by atoms with E-state index in [0.717, 1.165) is 41.0 Å². The van der Waals surface area contributed by atoms with Gasteiger partial charge in [-0.05, 0) is 6.07 Å². The highest BCUT2D eigenvalue weighted by Gasteiger charge is 2.33. The van der Waals surface area contributed by atoms with Gasteiger partial charge in [0, 0.05) is 30.6 Å². The van der Waals surface area contributed by atoms with Gasteiger partial charge in [0.2, 0.25) is 0 Å². The highest BCUT2D eigenvalue weighted by Crippen LogP contribution is 2.45. The van der Waals surface area contributed by atoms with Crippen molar-refractivity contribution in [2.24, 2.45) is 4.99 Å². The van der Waals surface area contributed by atoms with Gasteiger partial charge in [0.15, 0.2) is 17.5 Å². The van der Waals surface area contributed by atoms with Gasteiger partial charge in [-0.2, -0.15) is 0 Å². The SMILES string of the molecule is COc1cc(C2=CSC3=NCCN23)c2c(c1)N(C)C(=O)CO2. The molecule has 6 nitrogen and oxygen atoms in total. The number of carbonyl (C=O) groups is 1. The van der Waals surface area contributed by atoms with Crippen molar-refractivity contribution in [3.63, 3.8) is 0 Å². The molecule has 3 aliphatic heterocycles. The lowest BCUT2D eigenvalue weighted by Gasteiger charge is -2.29. The highest BCUT2D eigenvalue weighted by molar-refractivity contribution is 8.16. The molecule has 0 atom stereocenters. The van der Waals surface area contributed by atoms with Crippen LogP contribution in [0.2, 0.25) is 0 Å². The average molecular weight is 317 g/mol. The van der Waals surface area contributed by atoms with E-state index in [1.807, 2.05) is 12.1 Å². The minimum atomic E-state index is -0.0649. The van der Waals surface area contributed by atoms with Crippen LogP contribution in [-0.4, -0.2) is 49.8 Å². The van der Waals surface area contributed by atoms with Crippen molar-refractivity contribution < 1.29 is 14.3 Å². The Morgan fingerprint density at radius 2 is 2.27 bits per heavy atom. The molecule has 0 unspecified atom stereocenters. The monoisotopic (exact) mass is 317 g/mol. The second-order valence-electron chi connectivity index (χ2n) is 5.20. The molecule has 1 aromatic rings. The molecule has 1 aromatic carbocycles. The number of ether oxygens (including phenoxy) is 2. The molecule has 0 spiro atoms. The average Bonchev–Trinajstić information content (AvgIpc) is 3.13. The van der Waals surface area contributed by atoms with Crippen molar-refractivity contribution in [1.82, 2.24) is 4.90 Å². The van der Waals surface area contributed by atoms with Crippen LogP contribution in [0.1, 0.15) is 5.56 Å². The Hall–Kier alpha value is -2.15.